The summed E-state index contributed by atoms with van der Waals surface area (Å²) < 4.78 is 52.4. The van der Waals surface area contributed by atoms with E-state index in [0.29, 0.717) is 5.57 Å². The van der Waals surface area contributed by atoms with Crippen molar-refractivity contribution in [1.82, 2.24) is 0 Å². The number of allylic oxidation sites excluding steroid dienone is 1. The zero-order valence-corrected chi connectivity index (χ0v) is 8.13. The molecule has 0 aromatic heterocycles. The monoisotopic (exact) mass is 217 g/mol. The molecule has 0 bridgehead atoms. The fraction of sp³-hybridized carbons (Fsp3) is 0.182. The molecular formula is C11H9F4. The van der Waals surface area contributed by atoms with Gasteiger partial charge in [0.2, 0.25) is 0 Å². The lowest BCUT2D eigenvalue weighted by Gasteiger charge is -2.09. The van der Waals surface area contributed by atoms with Gasteiger partial charge in [0, 0.05) is 11.1 Å². The van der Waals surface area contributed by atoms with E-state index in [2.05, 4.69) is 13.5 Å². The molecule has 0 heterocycles. The van der Waals surface area contributed by atoms with Gasteiger partial charge in [0.25, 0.3) is 0 Å². The minimum absolute atomic E-state index is 0.244. The highest BCUT2D eigenvalue weighted by atomic mass is 19.2. The van der Waals surface area contributed by atoms with Crippen molar-refractivity contribution in [2.75, 3.05) is 0 Å². The van der Waals surface area contributed by atoms with E-state index in [9.17, 15) is 17.6 Å². The first-order valence-electron chi connectivity index (χ1n) is 4.17. The van der Waals surface area contributed by atoms with Gasteiger partial charge in [-0.2, -0.15) is 0 Å². The number of rotatable bonds is 2. The number of halogens is 4. The van der Waals surface area contributed by atoms with E-state index in [1.807, 2.05) is 0 Å². The summed E-state index contributed by atoms with van der Waals surface area (Å²) >= 11 is 0. The molecule has 0 nitrogen and oxygen atoms in total. The Morgan fingerprint density at radius 3 is 1.73 bits per heavy atom. The molecule has 4 heteroatoms. The van der Waals surface area contributed by atoms with Crippen LogP contribution < -0.4 is 0 Å². The van der Waals surface area contributed by atoms with E-state index >= 15 is 0 Å². The van der Waals surface area contributed by atoms with Crippen LogP contribution in [0.25, 0.3) is 0 Å². The third kappa shape index (κ3) is 2.03. The van der Waals surface area contributed by atoms with Crippen molar-refractivity contribution < 1.29 is 17.6 Å². The molecule has 0 aliphatic heterocycles. The van der Waals surface area contributed by atoms with Gasteiger partial charge in [-0.1, -0.05) is 12.2 Å². The van der Waals surface area contributed by atoms with Gasteiger partial charge in [0.05, 0.1) is 0 Å². The summed E-state index contributed by atoms with van der Waals surface area (Å²) in [5.74, 6) is -5.71. The maximum atomic E-state index is 13.2. The molecule has 0 fully saturated rings. The van der Waals surface area contributed by atoms with Gasteiger partial charge < -0.3 is 0 Å². The average molecular weight is 217 g/mol. The smallest absolute Gasteiger partial charge is 0.165 e. The first kappa shape index (κ1) is 11.8. The Balaban J connectivity index is 3.45. The molecule has 0 spiro atoms. The summed E-state index contributed by atoms with van der Waals surface area (Å²) in [5, 5.41) is 0. The van der Waals surface area contributed by atoms with Crippen LogP contribution in [0.1, 0.15) is 18.1 Å². The normalized spacial score (nSPS) is 10.5. The highest BCUT2D eigenvalue weighted by Crippen LogP contribution is 2.24. The molecule has 0 atom stereocenters. The Kier molecular flexibility index (Phi) is 3.17. The van der Waals surface area contributed by atoms with Crippen LogP contribution in [0.15, 0.2) is 12.2 Å². The van der Waals surface area contributed by atoms with Crippen LogP contribution in [0.5, 0.6) is 0 Å². The molecule has 1 aromatic rings. The molecule has 0 N–H and O–H groups in total. The quantitative estimate of drug-likeness (QED) is 0.403. The maximum absolute atomic E-state index is 13.2. The molecule has 0 saturated heterocycles. The van der Waals surface area contributed by atoms with Crippen LogP contribution in [-0.4, -0.2) is 0 Å². The van der Waals surface area contributed by atoms with Crippen LogP contribution in [0.3, 0.4) is 0 Å². The SMILES string of the molecule is [CH2]c1c(F)c(F)c(CC(=C)C)c(F)c1F. The molecule has 1 aromatic carbocycles. The topological polar surface area (TPSA) is 0 Å². The molecule has 1 radical (unpaired) electrons. The highest BCUT2D eigenvalue weighted by Gasteiger charge is 2.22. The van der Waals surface area contributed by atoms with Gasteiger partial charge >= 0.3 is 0 Å². The Hall–Kier alpha value is -1.32. The Morgan fingerprint density at radius 1 is 1.00 bits per heavy atom. The Morgan fingerprint density at radius 2 is 1.40 bits per heavy atom. The van der Waals surface area contributed by atoms with Crippen molar-refractivity contribution in [3.8, 4) is 0 Å². The Labute approximate surface area is 85.2 Å². The van der Waals surface area contributed by atoms with Crippen LogP contribution in [0, 0.1) is 30.2 Å². The lowest BCUT2D eigenvalue weighted by atomic mass is 10.0. The van der Waals surface area contributed by atoms with Crippen molar-refractivity contribution in [3.63, 3.8) is 0 Å². The summed E-state index contributed by atoms with van der Waals surface area (Å²) in [6.45, 7) is 7.84. The van der Waals surface area contributed by atoms with Gasteiger partial charge in [0.1, 0.15) is 0 Å². The first-order chi connectivity index (χ1) is 6.86. The molecule has 0 unspecified atom stereocenters. The molecule has 0 amide bonds. The fourth-order valence-corrected chi connectivity index (χ4v) is 1.18. The second-order valence-corrected chi connectivity index (χ2v) is 3.35. The van der Waals surface area contributed by atoms with Crippen molar-refractivity contribution >= 4 is 0 Å². The molecule has 81 valence electrons. The summed E-state index contributed by atoms with van der Waals surface area (Å²) in [6.07, 6.45) is -0.244. The van der Waals surface area contributed by atoms with Gasteiger partial charge in [-0.3, -0.25) is 0 Å². The average Bonchev–Trinajstić information content (AvgIpc) is 2.18. The van der Waals surface area contributed by atoms with Gasteiger partial charge in [-0.05, 0) is 20.3 Å². The molecule has 15 heavy (non-hydrogen) atoms. The van der Waals surface area contributed by atoms with Crippen LogP contribution >= 0.6 is 0 Å². The molecule has 0 aliphatic carbocycles. The zero-order chi connectivity index (χ0) is 11.7. The van der Waals surface area contributed by atoms with Crippen molar-refractivity contribution in [1.29, 1.82) is 0 Å². The second kappa shape index (κ2) is 4.04. The summed E-state index contributed by atoms with van der Waals surface area (Å²) in [7, 11) is 0. The highest BCUT2D eigenvalue weighted by molar-refractivity contribution is 5.33. The molecule has 0 aliphatic rings. The summed E-state index contributed by atoms with van der Waals surface area (Å²) in [4.78, 5) is 0. The summed E-state index contributed by atoms with van der Waals surface area (Å²) in [5.41, 5.74) is -1.14. The third-order valence-corrected chi connectivity index (χ3v) is 1.92. The van der Waals surface area contributed by atoms with E-state index in [1.165, 1.54) is 6.92 Å². The predicted molar refractivity (Wildman–Crippen MR) is 49.3 cm³/mol. The van der Waals surface area contributed by atoms with Gasteiger partial charge in [-0.15, -0.1) is 0 Å². The van der Waals surface area contributed by atoms with Gasteiger partial charge in [0.15, 0.2) is 23.3 Å². The van der Waals surface area contributed by atoms with E-state index in [1.54, 1.807) is 0 Å². The maximum Gasteiger partial charge on any atom is 0.165 e. The lowest BCUT2D eigenvalue weighted by Crippen LogP contribution is -2.06. The standard InChI is InChI=1S/C11H9F4/c1-5(2)4-7-10(14)8(12)6(3)9(13)11(7)15/h1,3-4H2,2H3. The zero-order valence-electron chi connectivity index (χ0n) is 8.13. The fourth-order valence-electron chi connectivity index (χ4n) is 1.18. The van der Waals surface area contributed by atoms with E-state index in [0.717, 1.165) is 0 Å². The summed E-state index contributed by atoms with van der Waals surface area (Å²) in [6, 6.07) is 0. The molecule has 1 rings (SSSR count). The van der Waals surface area contributed by atoms with Crippen molar-refractivity contribution in [3.05, 3.63) is 53.5 Å². The molecular weight excluding hydrogens is 208 g/mol. The van der Waals surface area contributed by atoms with Crippen LogP contribution in [-0.2, 0) is 6.42 Å². The minimum atomic E-state index is -1.45. The largest absolute Gasteiger partial charge is 0.203 e. The second-order valence-electron chi connectivity index (χ2n) is 3.35. The lowest BCUT2D eigenvalue weighted by molar-refractivity contribution is 0.437. The number of benzene rings is 1. The van der Waals surface area contributed by atoms with Gasteiger partial charge in [-0.25, -0.2) is 17.6 Å². The van der Waals surface area contributed by atoms with Crippen molar-refractivity contribution in [2.45, 2.75) is 13.3 Å². The van der Waals surface area contributed by atoms with E-state index in [4.69, 9.17) is 0 Å². The minimum Gasteiger partial charge on any atom is -0.203 e. The van der Waals surface area contributed by atoms with Crippen molar-refractivity contribution in [2.24, 2.45) is 0 Å². The molecule has 0 saturated carbocycles. The number of hydrogen-bond acceptors (Lipinski definition) is 0. The third-order valence-electron chi connectivity index (χ3n) is 1.92. The Bertz CT molecular complexity index is 392. The predicted octanol–water partition coefficient (Wildman–Crippen LogP) is 3.54. The van der Waals surface area contributed by atoms with Crippen LogP contribution in [0.4, 0.5) is 17.6 Å². The van der Waals surface area contributed by atoms with Crippen LogP contribution in [0.2, 0.25) is 0 Å². The first-order valence-corrected chi connectivity index (χ1v) is 4.17. The van der Waals surface area contributed by atoms with E-state index < -0.39 is 34.4 Å². The number of hydrogen-bond donors (Lipinski definition) is 0. The van der Waals surface area contributed by atoms with E-state index in [-0.39, 0.29) is 6.42 Å².